The Morgan fingerprint density at radius 3 is 2.62 bits per heavy atom. The van der Waals surface area contributed by atoms with Crippen LogP contribution < -0.4 is 0 Å². The van der Waals surface area contributed by atoms with Gasteiger partial charge in [-0.25, -0.2) is 0 Å². The molecule has 1 aromatic rings. The van der Waals surface area contributed by atoms with Crippen LogP contribution in [0.5, 0.6) is 0 Å². The number of esters is 1. The minimum absolute atomic E-state index is 0.0680. The summed E-state index contributed by atoms with van der Waals surface area (Å²) in [7, 11) is 0. The molecule has 0 radical (unpaired) electrons. The van der Waals surface area contributed by atoms with E-state index in [1.165, 1.54) is 16.7 Å². The third kappa shape index (κ3) is 7.02. The van der Waals surface area contributed by atoms with E-state index in [1.54, 1.807) is 0 Å². The Labute approximate surface area is 146 Å². The molecule has 0 amide bonds. The molecule has 0 bridgehead atoms. The summed E-state index contributed by atoms with van der Waals surface area (Å²) in [6.07, 6.45) is 1.52. The molecule has 0 saturated carbocycles. The maximum Gasteiger partial charge on any atom is 0.305 e. The van der Waals surface area contributed by atoms with E-state index in [4.69, 9.17) is 4.74 Å². The second-order valence-corrected chi connectivity index (χ2v) is 6.70. The fourth-order valence-electron chi connectivity index (χ4n) is 2.64. The van der Waals surface area contributed by atoms with Crippen LogP contribution >= 0.6 is 0 Å². The normalized spacial score (nSPS) is 13.8. The maximum atomic E-state index is 11.4. The highest BCUT2D eigenvalue weighted by Crippen LogP contribution is 2.16. The van der Waals surface area contributed by atoms with Crippen LogP contribution in [0.3, 0.4) is 0 Å². The molecule has 1 aromatic carbocycles. The Bertz CT molecular complexity index is 516. The molecule has 136 valence electrons. The zero-order valence-electron chi connectivity index (χ0n) is 15.8. The molecule has 0 saturated heterocycles. The van der Waals surface area contributed by atoms with Crippen molar-refractivity contribution in [2.24, 2.45) is 0 Å². The monoisotopic (exact) mass is 335 g/mol. The van der Waals surface area contributed by atoms with E-state index in [1.807, 2.05) is 6.92 Å². The number of carbonyl (C=O) groups is 1. The standard InChI is InChI=1S/C20H33NO3/c1-6-8-20(23)24-14-19(22)13-21(17(5)7-2)12-18-11-15(3)9-10-16(18)4/h9-11,17,19,22H,6-8,12-14H2,1-5H3. The quantitative estimate of drug-likeness (QED) is 0.664. The van der Waals surface area contributed by atoms with Crippen molar-refractivity contribution in [1.82, 2.24) is 4.90 Å². The van der Waals surface area contributed by atoms with Gasteiger partial charge < -0.3 is 9.84 Å². The largest absolute Gasteiger partial charge is 0.463 e. The number of aliphatic hydroxyl groups is 1. The number of aryl methyl sites for hydroxylation is 2. The number of aliphatic hydroxyl groups excluding tert-OH is 1. The first kappa shape index (κ1) is 20.7. The minimum atomic E-state index is -0.662. The first-order valence-electron chi connectivity index (χ1n) is 9.01. The van der Waals surface area contributed by atoms with Crippen LogP contribution in [0.15, 0.2) is 18.2 Å². The van der Waals surface area contributed by atoms with Crippen molar-refractivity contribution in [3.8, 4) is 0 Å². The Kier molecular flexibility index (Phi) is 9.01. The van der Waals surface area contributed by atoms with Gasteiger partial charge in [0.15, 0.2) is 0 Å². The minimum Gasteiger partial charge on any atom is -0.463 e. The predicted molar refractivity (Wildman–Crippen MR) is 98.0 cm³/mol. The van der Waals surface area contributed by atoms with E-state index >= 15 is 0 Å². The molecule has 0 heterocycles. The van der Waals surface area contributed by atoms with Crippen LogP contribution in [0.1, 0.15) is 56.7 Å². The molecule has 2 unspecified atom stereocenters. The molecule has 0 aromatic heterocycles. The number of carbonyl (C=O) groups excluding carboxylic acids is 1. The molecular weight excluding hydrogens is 302 g/mol. The van der Waals surface area contributed by atoms with E-state index < -0.39 is 6.10 Å². The van der Waals surface area contributed by atoms with E-state index in [-0.39, 0.29) is 12.6 Å². The SMILES string of the molecule is CCCC(=O)OCC(O)CN(Cc1cc(C)ccc1C)C(C)CC. The number of benzene rings is 1. The van der Waals surface area contributed by atoms with Gasteiger partial charge in [-0.2, -0.15) is 0 Å². The van der Waals surface area contributed by atoms with Crippen molar-refractivity contribution in [2.45, 2.75) is 72.6 Å². The van der Waals surface area contributed by atoms with Gasteiger partial charge in [0.05, 0.1) is 0 Å². The lowest BCUT2D eigenvalue weighted by Gasteiger charge is -2.31. The number of nitrogens with zero attached hydrogens (tertiary/aromatic N) is 1. The summed E-state index contributed by atoms with van der Waals surface area (Å²) in [4.78, 5) is 13.7. The summed E-state index contributed by atoms with van der Waals surface area (Å²) in [5.41, 5.74) is 3.79. The van der Waals surface area contributed by atoms with E-state index in [0.29, 0.717) is 19.0 Å². The summed E-state index contributed by atoms with van der Waals surface area (Å²) in [5, 5.41) is 10.3. The summed E-state index contributed by atoms with van der Waals surface area (Å²) < 4.78 is 5.14. The van der Waals surface area contributed by atoms with Gasteiger partial charge in [-0.3, -0.25) is 9.69 Å². The molecule has 0 aliphatic heterocycles. The lowest BCUT2D eigenvalue weighted by molar-refractivity contribution is -0.147. The van der Waals surface area contributed by atoms with Gasteiger partial charge in [-0.1, -0.05) is 37.6 Å². The zero-order chi connectivity index (χ0) is 18.1. The molecule has 0 fully saturated rings. The van der Waals surface area contributed by atoms with Gasteiger partial charge >= 0.3 is 5.97 Å². The third-order valence-corrected chi connectivity index (χ3v) is 4.43. The van der Waals surface area contributed by atoms with Crippen molar-refractivity contribution in [1.29, 1.82) is 0 Å². The Hall–Kier alpha value is -1.39. The Morgan fingerprint density at radius 2 is 2.00 bits per heavy atom. The van der Waals surface area contributed by atoms with Crippen LogP contribution in [-0.2, 0) is 16.1 Å². The van der Waals surface area contributed by atoms with Gasteiger partial charge in [0.1, 0.15) is 12.7 Å². The van der Waals surface area contributed by atoms with Crippen molar-refractivity contribution in [3.63, 3.8) is 0 Å². The summed E-state index contributed by atoms with van der Waals surface area (Å²) in [6.45, 7) is 11.8. The second kappa shape index (κ2) is 10.5. The molecule has 0 aliphatic rings. The third-order valence-electron chi connectivity index (χ3n) is 4.43. The molecule has 4 heteroatoms. The number of hydrogen-bond donors (Lipinski definition) is 1. The van der Waals surface area contributed by atoms with Crippen LogP contribution in [0.4, 0.5) is 0 Å². The van der Waals surface area contributed by atoms with Gasteiger partial charge in [-0.15, -0.1) is 0 Å². The van der Waals surface area contributed by atoms with Crippen molar-refractivity contribution in [2.75, 3.05) is 13.2 Å². The molecular formula is C20H33NO3. The average Bonchev–Trinajstić information content (AvgIpc) is 2.55. The lowest BCUT2D eigenvalue weighted by Crippen LogP contribution is -2.40. The molecule has 24 heavy (non-hydrogen) atoms. The summed E-state index contributed by atoms with van der Waals surface area (Å²) in [6, 6.07) is 6.82. The molecule has 0 aliphatic carbocycles. The average molecular weight is 335 g/mol. The Morgan fingerprint density at radius 1 is 1.29 bits per heavy atom. The zero-order valence-corrected chi connectivity index (χ0v) is 15.8. The van der Waals surface area contributed by atoms with Crippen LogP contribution in [0.2, 0.25) is 0 Å². The molecule has 1 N–H and O–H groups in total. The molecule has 2 atom stereocenters. The van der Waals surface area contributed by atoms with Crippen molar-refractivity contribution >= 4 is 5.97 Å². The highest BCUT2D eigenvalue weighted by molar-refractivity contribution is 5.69. The molecule has 1 rings (SSSR count). The fraction of sp³-hybridized carbons (Fsp3) is 0.650. The number of ether oxygens (including phenoxy) is 1. The van der Waals surface area contributed by atoms with Gasteiger partial charge in [0.25, 0.3) is 0 Å². The van der Waals surface area contributed by atoms with Crippen molar-refractivity contribution in [3.05, 3.63) is 34.9 Å². The lowest BCUT2D eigenvalue weighted by atomic mass is 10.0. The van der Waals surface area contributed by atoms with Gasteiger partial charge in [-0.05, 0) is 44.7 Å². The topological polar surface area (TPSA) is 49.8 Å². The van der Waals surface area contributed by atoms with E-state index in [2.05, 4.69) is 50.8 Å². The Balaban J connectivity index is 2.68. The first-order chi connectivity index (χ1) is 11.4. The smallest absolute Gasteiger partial charge is 0.305 e. The highest BCUT2D eigenvalue weighted by Gasteiger charge is 2.19. The fourth-order valence-corrected chi connectivity index (χ4v) is 2.64. The number of hydrogen-bond acceptors (Lipinski definition) is 4. The molecule has 4 nitrogen and oxygen atoms in total. The van der Waals surface area contributed by atoms with Gasteiger partial charge in [0, 0.05) is 25.6 Å². The highest BCUT2D eigenvalue weighted by atomic mass is 16.5. The van der Waals surface area contributed by atoms with Crippen LogP contribution in [0, 0.1) is 13.8 Å². The van der Waals surface area contributed by atoms with Crippen LogP contribution in [0.25, 0.3) is 0 Å². The van der Waals surface area contributed by atoms with Crippen LogP contribution in [-0.4, -0.2) is 41.3 Å². The second-order valence-electron chi connectivity index (χ2n) is 6.70. The number of rotatable bonds is 10. The first-order valence-corrected chi connectivity index (χ1v) is 9.01. The summed E-state index contributed by atoms with van der Waals surface area (Å²) in [5.74, 6) is -0.235. The van der Waals surface area contributed by atoms with Gasteiger partial charge in [0.2, 0.25) is 0 Å². The van der Waals surface area contributed by atoms with E-state index in [0.717, 1.165) is 19.4 Å². The van der Waals surface area contributed by atoms with E-state index in [9.17, 15) is 9.90 Å². The maximum absolute atomic E-state index is 11.4. The van der Waals surface area contributed by atoms with Crippen molar-refractivity contribution < 1.29 is 14.6 Å². The predicted octanol–water partition coefficient (Wildman–Crippen LogP) is 3.61. The molecule has 0 spiro atoms. The summed E-state index contributed by atoms with van der Waals surface area (Å²) >= 11 is 0.